The van der Waals surface area contributed by atoms with E-state index in [0.717, 1.165) is 40.5 Å². The molecule has 0 radical (unpaired) electrons. The maximum Gasteiger partial charge on any atom is 0.338 e. The molecule has 4 saturated carbocycles. The van der Waals surface area contributed by atoms with Gasteiger partial charge in [0.15, 0.2) is 0 Å². The van der Waals surface area contributed by atoms with Crippen molar-refractivity contribution < 1.29 is 19.1 Å². The van der Waals surface area contributed by atoms with Crippen LogP contribution < -0.4 is 0 Å². The summed E-state index contributed by atoms with van der Waals surface area (Å²) in [5.41, 5.74) is 5.36. The molecule has 4 heteroatoms. The Labute approximate surface area is 202 Å². The van der Waals surface area contributed by atoms with Gasteiger partial charge in [-0.05, 0) is 101 Å². The second kappa shape index (κ2) is 7.96. The average molecular weight is 459 g/mol. The van der Waals surface area contributed by atoms with E-state index in [9.17, 15) is 9.59 Å². The molecule has 4 aliphatic carbocycles. The molecule has 0 aliphatic heterocycles. The van der Waals surface area contributed by atoms with Gasteiger partial charge in [-0.25, -0.2) is 9.59 Å². The third kappa shape index (κ3) is 3.49. The minimum atomic E-state index is -0.353. The van der Waals surface area contributed by atoms with Crippen molar-refractivity contribution in [2.24, 2.45) is 35.5 Å². The van der Waals surface area contributed by atoms with Crippen LogP contribution in [0, 0.1) is 63.2 Å². The topological polar surface area (TPSA) is 52.6 Å². The Bertz CT molecular complexity index is 1040. The predicted octanol–water partition coefficient (Wildman–Crippen LogP) is 5.98. The van der Waals surface area contributed by atoms with Crippen LogP contribution in [0.1, 0.15) is 68.7 Å². The van der Waals surface area contributed by atoms with Gasteiger partial charge in [0, 0.05) is 11.8 Å². The number of aryl methyl sites for hydroxylation is 4. The SMILES string of the molecule is Cc1cc(C)cc(C(=O)OC2C3CC(C2OC(=O)c2cc(C)cc(C)c2)C2C4CCC(C4)C32)c1. The van der Waals surface area contributed by atoms with Gasteiger partial charge in [0.1, 0.15) is 12.2 Å². The summed E-state index contributed by atoms with van der Waals surface area (Å²) in [6.07, 6.45) is 4.22. The summed E-state index contributed by atoms with van der Waals surface area (Å²) in [6.45, 7) is 7.98. The number of ether oxygens (including phenoxy) is 2. The van der Waals surface area contributed by atoms with Crippen molar-refractivity contribution in [2.75, 3.05) is 0 Å². The zero-order valence-corrected chi connectivity index (χ0v) is 20.5. The van der Waals surface area contributed by atoms with Gasteiger partial charge in [0.2, 0.25) is 0 Å². The predicted molar refractivity (Wildman–Crippen MR) is 130 cm³/mol. The molecule has 0 heterocycles. The van der Waals surface area contributed by atoms with Gasteiger partial charge in [-0.1, -0.05) is 34.4 Å². The summed E-state index contributed by atoms with van der Waals surface area (Å²) in [5, 5.41) is 0. The smallest absolute Gasteiger partial charge is 0.338 e. The first-order chi connectivity index (χ1) is 16.3. The third-order valence-corrected chi connectivity index (χ3v) is 9.15. The van der Waals surface area contributed by atoms with Crippen LogP contribution in [0.3, 0.4) is 0 Å². The summed E-state index contributed by atoms with van der Waals surface area (Å²) in [4.78, 5) is 26.5. The zero-order chi connectivity index (χ0) is 23.7. The van der Waals surface area contributed by atoms with Crippen LogP contribution in [-0.4, -0.2) is 24.1 Å². The van der Waals surface area contributed by atoms with E-state index in [4.69, 9.17) is 9.47 Å². The summed E-state index contributed by atoms with van der Waals surface area (Å²) in [6, 6.07) is 11.7. The van der Waals surface area contributed by atoms with Crippen LogP contribution in [0.5, 0.6) is 0 Å². The number of esters is 2. The fourth-order valence-electron chi connectivity index (χ4n) is 8.35. The molecule has 8 unspecified atom stereocenters. The molecular weight excluding hydrogens is 424 g/mol. The van der Waals surface area contributed by atoms with Gasteiger partial charge >= 0.3 is 11.9 Å². The Balaban J connectivity index is 1.29. The van der Waals surface area contributed by atoms with Crippen LogP contribution in [0.25, 0.3) is 0 Å². The zero-order valence-electron chi connectivity index (χ0n) is 20.5. The molecular formula is C30H34O4. The lowest BCUT2D eigenvalue weighted by Crippen LogP contribution is -2.48. The molecule has 6 rings (SSSR count). The van der Waals surface area contributed by atoms with E-state index in [1.165, 1.54) is 19.3 Å². The average Bonchev–Trinajstić information content (AvgIpc) is 3.52. The van der Waals surface area contributed by atoms with Crippen LogP contribution in [-0.2, 0) is 9.47 Å². The number of rotatable bonds is 4. The number of hydrogen-bond donors (Lipinski definition) is 0. The molecule has 4 fully saturated rings. The normalized spacial score (nSPS) is 34.8. The first-order valence-electron chi connectivity index (χ1n) is 12.9. The summed E-state index contributed by atoms with van der Waals surface area (Å²) in [5.74, 6) is 2.77. The van der Waals surface area contributed by atoms with Crippen molar-refractivity contribution in [1.29, 1.82) is 0 Å². The van der Waals surface area contributed by atoms with Crippen LogP contribution >= 0.6 is 0 Å². The molecule has 2 aromatic carbocycles. The van der Waals surface area contributed by atoms with Crippen LogP contribution in [0.2, 0.25) is 0 Å². The first kappa shape index (κ1) is 21.9. The lowest BCUT2D eigenvalue weighted by atomic mass is 9.69. The van der Waals surface area contributed by atoms with Gasteiger partial charge in [0.05, 0.1) is 11.1 Å². The monoisotopic (exact) mass is 458 g/mol. The van der Waals surface area contributed by atoms with E-state index in [-0.39, 0.29) is 24.1 Å². The minimum absolute atomic E-state index is 0.295. The van der Waals surface area contributed by atoms with E-state index in [0.29, 0.717) is 34.8 Å². The quantitative estimate of drug-likeness (QED) is 0.418. The van der Waals surface area contributed by atoms with Gasteiger partial charge < -0.3 is 9.47 Å². The van der Waals surface area contributed by atoms with E-state index < -0.39 is 0 Å². The molecule has 34 heavy (non-hydrogen) atoms. The molecule has 2 aromatic rings. The Hall–Kier alpha value is -2.62. The summed E-state index contributed by atoms with van der Waals surface area (Å²) >= 11 is 0. The van der Waals surface area contributed by atoms with Crippen molar-refractivity contribution in [2.45, 2.75) is 65.6 Å². The highest BCUT2D eigenvalue weighted by Crippen LogP contribution is 2.68. The van der Waals surface area contributed by atoms with Gasteiger partial charge in [-0.2, -0.15) is 0 Å². The van der Waals surface area contributed by atoms with Gasteiger partial charge in [-0.15, -0.1) is 0 Å². The fraction of sp³-hybridized carbons (Fsp3) is 0.533. The molecule has 4 aliphatic rings. The highest BCUT2D eigenvalue weighted by Gasteiger charge is 2.68. The molecule has 4 bridgehead atoms. The molecule has 0 saturated heterocycles. The van der Waals surface area contributed by atoms with E-state index in [1.54, 1.807) is 0 Å². The molecule has 0 aromatic heterocycles. The second-order valence-corrected chi connectivity index (χ2v) is 11.5. The van der Waals surface area contributed by atoms with Gasteiger partial charge in [-0.3, -0.25) is 0 Å². The van der Waals surface area contributed by atoms with Crippen LogP contribution in [0.15, 0.2) is 36.4 Å². The maximum atomic E-state index is 13.3. The largest absolute Gasteiger partial charge is 0.455 e. The number of benzene rings is 2. The van der Waals surface area contributed by atoms with Crippen LogP contribution in [0.4, 0.5) is 0 Å². The first-order valence-corrected chi connectivity index (χ1v) is 12.9. The van der Waals surface area contributed by atoms with Crippen molar-refractivity contribution in [1.82, 2.24) is 0 Å². The molecule has 178 valence electrons. The van der Waals surface area contributed by atoms with E-state index in [1.807, 2.05) is 52.0 Å². The lowest BCUT2D eigenvalue weighted by molar-refractivity contribution is -0.0891. The van der Waals surface area contributed by atoms with Crippen molar-refractivity contribution in [3.8, 4) is 0 Å². The van der Waals surface area contributed by atoms with Crippen molar-refractivity contribution >= 4 is 11.9 Å². The summed E-state index contributed by atoms with van der Waals surface area (Å²) < 4.78 is 12.5. The number of fused-ring (bicyclic) bond motifs is 9. The lowest BCUT2D eigenvalue weighted by Gasteiger charge is -2.42. The highest BCUT2D eigenvalue weighted by molar-refractivity contribution is 5.91. The van der Waals surface area contributed by atoms with E-state index >= 15 is 0 Å². The Morgan fingerprint density at radius 3 is 1.38 bits per heavy atom. The van der Waals surface area contributed by atoms with Crippen molar-refractivity contribution in [3.63, 3.8) is 0 Å². The van der Waals surface area contributed by atoms with E-state index in [2.05, 4.69) is 12.1 Å². The maximum absolute atomic E-state index is 13.3. The van der Waals surface area contributed by atoms with Crippen molar-refractivity contribution in [3.05, 3.63) is 69.8 Å². The third-order valence-electron chi connectivity index (χ3n) is 9.15. The molecule has 4 nitrogen and oxygen atoms in total. The summed E-state index contributed by atoms with van der Waals surface area (Å²) in [7, 11) is 0. The Morgan fingerprint density at radius 1 is 0.618 bits per heavy atom. The Kier molecular flexibility index (Phi) is 5.13. The fourth-order valence-corrected chi connectivity index (χ4v) is 8.35. The van der Waals surface area contributed by atoms with Gasteiger partial charge in [0.25, 0.3) is 0 Å². The second-order valence-electron chi connectivity index (χ2n) is 11.5. The number of carbonyl (C=O) groups excluding carboxylic acids is 2. The standard InChI is InChI=1S/C30H34O4/c1-15-7-16(2)10-21(9-15)29(31)33-27-23-14-24(26-20-6-5-19(13-20)25(23)26)28(27)34-30(32)22-11-17(3)8-18(4)12-22/h7-12,19-20,23-28H,5-6,13-14H2,1-4H3. The molecule has 0 N–H and O–H groups in total. The highest BCUT2D eigenvalue weighted by atomic mass is 16.6. The molecule has 0 amide bonds. The minimum Gasteiger partial charge on any atom is -0.455 e. The molecule has 8 atom stereocenters. The number of hydrogen-bond acceptors (Lipinski definition) is 4. The molecule has 0 spiro atoms. The number of carbonyl (C=O) groups is 2. The Morgan fingerprint density at radius 2 is 1.00 bits per heavy atom.